The molecule has 3 aromatic carbocycles. The van der Waals surface area contributed by atoms with Gasteiger partial charge in [-0.15, -0.1) is 0 Å². The molecule has 170 valence electrons. The van der Waals surface area contributed by atoms with Crippen LogP contribution in [0.15, 0.2) is 84.9 Å². The fourth-order valence-corrected chi connectivity index (χ4v) is 5.38. The zero-order chi connectivity index (χ0) is 22.6. The maximum Gasteiger partial charge on any atom is 0.414 e. The number of carbonyl (C=O) groups is 1. The predicted molar refractivity (Wildman–Crippen MR) is 132 cm³/mol. The number of anilines is 1. The first-order valence-electron chi connectivity index (χ1n) is 11.7. The number of likely N-dealkylation sites (tertiary alicyclic amines) is 1. The third-order valence-electron chi connectivity index (χ3n) is 6.85. The second kappa shape index (κ2) is 9.98. The van der Waals surface area contributed by atoms with Gasteiger partial charge in [-0.05, 0) is 48.2 Å². The summed E-state index contributed by atoms with van der Waals surface area (Å²) in [5.41, 5.74) is 3.19. The molecule has 2 fully saturated rings. The van der Waals surface area contributed by atoms with Gasteiger partial charge in [0.1, 0.15) is 6.10 Å². The van der Waals surface area contributed by atoms with E-state index in [-0.39, 0.29) is 12.2 Å². The Hall–Kier alpha value is -2.82. The summed E-state index contributed by atoms with van der Waals surface area (Å²) >= 11 is 6.05. The number of rotatable bonds is 6. The lowest BCUT2D eigenvalue weighted by atomic mass is 9.94. The molecule has 3 aromatic rings. The number of hydrogen-bond acceptors (Lipinski definition) is 3. The van der Waals surface area contributed by atoms with Crippen LogP contribution in [0.4, 0.5) is 10.5 Å². The first-order chi connectivity index (χ1) is 16.2. The quantitative estimate of drug-likeness (QED) is 0.427. The number of nitrogens with zero attached hydrogens (tertiary/aromatic N) is 2. The Labute approximate surface area is 200 Å². The van der Waals surface area contributed by atoms with E-state index in [0.717, 1.165) is 43.7 Å². The van der Waals surface area contributed by atoms with Gasteiger partial charge in [0.05, 0.1) is 6.54 Å². The summed E-state index contributed by atoms with van der Waals surface area (Å²) in [5, 5.41) is 0.687. The van der Waals surface area contributed by atoms with Crippen LogP contribution in [0.3, 0.4) is 0 Å². The number of fused-ring (bicyclic) bond motifs is 2. The molecule has 5 heteroatoms. The Bertz CT molecular complexity index is 1040. The van der Waals surface area contributed by atoms with E-state index >= 15 is 0 Å². The summed E-state index contributed by atoms with van der Waals surface area (Å²) in [5.74, 6) is 0.786. The fraction of sp³-hybridized carbons (Fsp3) is 0.321. The molecule has 2 unspecified atom stereocenters. The summed E-state index contributed by atoms with van der Waals surface area (Å²) in [6.07, 6.45) is 1.96. The second-order valence-electron chi connectivity index (χ2n) is 9.17. The highest BCUT2D eigenvalue weighted by Gasteiger charge is 2.44. The zero-order valence-corrected chi connectivity index (χ0v) is 19.4. The van der Waals surface area contributed by atoms with Crippen LogP contribution < -0.4 is 4.90 Å². The molecule has 1 aliphatic heterocycles. The lowest BCUT2D eigenvalue weighted by molar-refractivity contribution is -0.0000778. The van der Waals surface area contributed by atoms with Crippen LogP contribution in [0.1, 0.15) is 24.0 Å². The Balaban J connectivity index is 1.28. The van der Waals surface area contributed by atoms with Gasteiger partial charge in [-0.2, -0.15) is 0 Å². The highest BCUT2D eigenvalue weighted by atomic mass is 35.5. The largest absolute Gasteiger partial charge is 0.445 e. The number of carbonyl (C=O) groups excluding carboxylic acids is 1. The van der Waals surface area contributed by atoms with Crippen molar-refractivity contribution in [2.75, 3.05) is 18.0 Å². The van der Waals surface area contributed by atoms with E-state index in [1.54, 1.807) is 4.90 Å². The van der Waals surface area contributed by atoms with Crippen molar-refractivity contribution in [1.29, 1.82) is 0 Å². The molecule has 0 aromatic heterocycles. The van der Waals surface area contributed by atoms with E-state index in [9.17, 15) is 4.79 Å². The van der Waals surface area contributed by atoms with Crippen molar-refractivity contribution in [2.45, 2.75) is 32.0 Å². The number of amides is 1. The van der Waals surface area contributed by atoms with Gasteiger partial charge >= 0.3 is 6.09 Å². The summed E-state index contributed by atoms with van der Waals surface area (Å²) in [6, 6.07) is 28.0. The smallest absolute Gasteiger partial charge is 0.414 e. The Kier molecular flexibility index (Phi) is 6.65. The maximum absolute atomic E-state index is 13.4. The highest BCUT2D eigenvalue weighted by Crippen LogP contribution is 2.40. The number of para-hydroxylation sites is 1. The number of benzene rings is 3. The van der Waals surface area contributed by atoms with Gasteiger partial charge in [0.15, 0.2) is 0 Å². The molecule has 5 rings (SSSR count). The minimum Gasteiger partial charge on any atom is -0.445 e. The molecule has 4 nitrogen and oxygen atoms in total. The van der Waals surface area contributed by atoms with Gasteiger partial charge in [-0.1, -0.05) is 72.3 Å². The van der Waals surface area contributed by atoms with Crippen LogP contribution in [-0.4, -0.2) is 30.2 Å². The van der Waals surface area contributed by atoms with Crippen molar-refractivity contribution in [2.24, 2.45) is 11.8 Å². The molecular formula is C28H29ClN2O2. The first-order valence-corrected chi connectivity index (χ1v) is 12.1. The normalized spacial score (nSPS) is 22.2. The summed E-state index contributed by atoms with van der Waals surface area (Å²) in [4.78, 5) is 17.7. The molecule has 0 spiro atoms. The van der Waals surface area contributed by atoms with Crippen LogP contribution in [0, 0.1) is 11.8 Å². The molecule has 2 aliphatic rings. The third kappa shape index (κ3) is 5.23. The molecule has 1 saturated carbocycles. The summed E-state index contributed by atoms with van der Waals surface area (Å²) in [6.45, 7) is 3.36. The number of ether oxygens (including phenoxy) is 1. The first kappa shape index (κ1) is 22.0. The molecular weight excluding hydrogens is 432 g/mol. The average molecular weight is 461 g/mol. The van der Waals surface area contributed by atoms with Crippen LogP contribution in [0.25, 0.3) is 0 Å². The number of piperidine rings is 1. The van der Waals surface area contributed by atoms with Gasteiger partial charge < -0.3 is 4.74 Å². The van der Waals surface area contributed by atoms with E-state index < -0.39 is 0 Å². The molecule has 1 heterocycles. The minimum atomic E-state index is -0.269. The van der Waals surface area contributed by atoms with Crippen LogP contribution in [0.2, 0.25) is 5.02 Å². The van der Waals surface area contributed by atoms with E-state index in [0.29, 0.717) is 23.4 Å². The predicted octanol–water partition coefficient (Wildman–Crippen LogP) is 6.39. The molecule has 1 aliphatic carbocycles. The summed E-state index contributed by atoms with van der Waals surface area (Å²) in [7, 11) is 0. The lowest BCUT2D eigenvalue weighted by Gasteiger charge is -2.38. The molecule has 1 amide bonds. The minimum absolute atomic E-state index is 0.0130. The molecule has 33 heavy (non-hydrogen) atoms. The van der Waals surface area contributed by atoms with Crippen LogP contribution in [0.5, 0.6) is 0 Å². The van der Waals surface area contributed by atoms with Crippen molar-refractivity contribution in [1.82, 2.24) is 4.90 Å². The van der Waals surface area contributed by atoms with E-state index in [1.807, 2.05) is 54.6 Å². The van der Waals surface area contributed by atoms with E-state index in [1.165, 1.54) is 5.56 Å². The average Bonchev–Trinajstić information content (AvgIpc) is 3.07. The molecule has 0 N–H and O–H groups in total. The van der Waals surface area contributed by atoms with E-state index in [2.05, 4.69) is 35.2 Å². The third-order valence-corrected chi connectivity index (χ3v) is 7.10. The lowest BCUT2D eigenvalue weighted by Crippen LogP contribution is -2.47. The topological polar surface area (TPSA) is 32.8 Å². The second-order valence-corrected chi connectivity index (χ2v) is 9.61. The molecule has 2 atom stereocenters. The van der Waals surface area contributed by atoms with Crippen molar-refractivity contribution in [3.8, 4) is 0 Å². The number of halogens is 1. The standard InChI is InChI=1S/C28H29ClN2O2/c29-25-15-11-22(12-16-25)18-31(26-9-5-2-6-10-26)28(32)33-27-23-13-14-24(27)20-30(19-23)17-21-7-3-1-4-8-21/h1-12,15-16,23-24,27H,13-14,17-20H2. The van der Waals surface area contributed by atoms with Crippen molar-refractivity contribution < 1.29 is 9.53 Å². The highest BCUT2D eigenvalue weighted by molar-refractivity contribution is 6.30. The van der Waals surface area contributed by atoms with Crippen LogP contribution >= 0.6 is 11.6 Å². The zero-order valence-electron chi connectivity index (χ0n) is 18.6. The maximum atomic E-state index is 13.4. The Morgan fingerprint density at radius 2 is 1.45 bits per heavy atom. The van der Waals surface area contributed by atoms with Gasteiger partial charge in [0, 0.05) is 42.2 Å². The van der Waals surface area contributed by atoms with Crippen molar-refractivity contribution in [3.63, 3.8) is 0 Å². The fourth-order valence-electron chi connectivity index (χ4n) is 5.25. The van der Waals surface area contributed by atoms with E-state index in [4.69, 9.17) is 16.3 Å². The number of hydrogen-bond donors (Lipinski definition) is 0. The van der Waals surface area contributed by atoms with Crippen molar-refractivity contribution in [3.05, 3.63) is 101 Å². The van der Waals surface area contributed by atoms with Crippen molar-refractivity contribution >= 4 is 23.4 Å². The van der Waals surface area contributed by atoms with Gasteiger partial charge in [-0.3, -0.25) is 9.80 Å². The monoisotopic (exact) mass is 460 g/mol. The molecule has 0 radical (unpaired) electrons. The van der Waals surface area contributed by atoms with Gasteiger partial charge in [0.2, 0.25) is 0 Å². The molecule has 1 saturated heterocycles. The molecule has 2 bridgehead atoms. The van der Waals surface area contributed by atoms with Gasteiger partial charge in [-0.25, -0.2) is 4.79 Å². The van der Waals surface area contributed by atoms with Gasteiger partial charge in [0.25, 0.3) is 0 Å². The van der Waals surface area contributed by atoms with Crippen LogP contribution in [-0.2, 0) is 17.8 Å². The summed E-state index contributed by atoms with van der Waals surface area (Å²) < 4.78 is 6.22. The Morgan fingerprint density at radius 3 is 2.09 bits per heavy atom. The SMILES string of the molecule is O=C(OC1C2CCC1CN(Cc1ccccc1)C2)N(Cc1ccc(Cl)cc1)c1ccccc1. The Morgan fingerprint density at radius 1 is 0.848 bits per heavy atom.